The number of hydrogen-bond donors (Lipinski definition) is 1. The number of aromatic nitrogens is 1. The molecule has 0 aliphatic carbocycles. The van der Waals surface area contributed by atoms with Gasteiger partial charge in [0, 0.05) is 29.9 Å². The van der Waals surface area contributed by atoms with Crippen LogP contribution in [-0.2, 0) is 25.8 Å². The zero-order chi connectivity index (χ0) is 22.1. The lowest BCUT2D eigenvalue weighted by atomic mass is 9.94. The summed E-state index contributed by atoms with van der Waals surface area (Å²) in [6.07, 6.45) is 8.45. The quantitative estimate of drug-likeness (QED) is 0.278. The highest BCUT2D eigenvalue weighted by Gasteiger charge is 2.12. The Morgan fingerprint density at radius 2 is 1.74 bits per heavy atom. The van der Waals surface area contributed by atoms with Gasteiger partial charge in [-0.25, -0.2) is 0 Å². The number of benzene rings is 2. The van der Waals surface area contributed by atoms with Crippen LogP contribution in [0.5, 0.6) is 0 Å². The summed E-state index contributed by atoms with van der Waals surface area (Å²) in [4.78, 5) is 21.5. The fraction of sp³-hybridized carbons (Fsp3) is 0.296. The molecule has 3 aromatic rings. The summed E-state index contributed by atoms with van der Waals surface area (Å²) in [5, 5.41) is 0. The molecule has 2 N–H and O–H groups in total. The number of pyridine rings is 1. The summed E-state index contributed by atoms with van der Waals surface area (Å²) in [6, 6.07) is 17.7. The number of nitrogens with two attached hydrogens (primary N) is 1. The van der Waals surface area contributed by atoms with Gasteiger partial charge in [-0.3, -0.25) is 14.8 Å². The molecule has 0 unspecified atom stereocenters. The van der Waals surface area contributed by atoms with Gasteiger partial charge in [-0.05, 0) is 53.6 Å². The van der Waals surface area contributed by atoms with Gasteiger partial charge in [0.15, 0.2) is 5.78 Å². The van der Waals surface area contributed by atoms with E-state index < -0.39 is 0 Å². The number of rotatable bonds is 10. The normalized spacial score (nSPS) is 11.5. The Morgan fingerprint density at radius 3 is 2.42 bits per heavy atom. The molecule has 2 aromatic carbocycles. The van der Waals surface area contributed by atoms with E-state index in [9.17, 15) is 4.79 Å². The van der Waals surface area contributed by atoms with Gasteiger partial charge in [0.2, 0.25) is 0 Å². The fourth-order valence-corrected chi connectivity index (χ4v) is 3.60. The summed E-state index contributed by atoms with van der Waals surface area (Å²) in [5.41, 5.74) is 12.2. The van der Waals surface area contributed by atoms with E-state index in [0.29, 0.717) is 24.4 Å². The van der Waals surface area contributed by atoms with E-state index in [4.69, 9.17) is 5.73 Å². The molecule has 1 aromatic heterocycles. The summed E-state index contributed by atoms with van der Waals surface area (Å²) >= 11 is 0. The van der Waals surface area contributed by atoms with Crippen molar-refractivity contribution in [2.45, 2.75) is 52.5 Å². The first-order valence-corrected chi connectivity index (χ1v) is 11.0. The second-order valence-corrected chi connectivity index (χ2v) is 7.81. The number of nitrogens with zero attached hydrogens (tertiary/aromatic N) is 2. The molecule has 0 saturated heterocycles. The first-order valence-electron chi connectivity index (χ1n) is 11.0. The van der Waals surface area contributed by atoms with Crippen LogP contribution in [0.15, 0.2) is 72.0 Å². The van der Waals surface area contributed by atoms with Gasteiger partial charge < -0.3 is 5.73 Å². The van der Waals surface area contributed by atoms with E-state index in [1.165, 1.54) is 24.0 Å². The molecule has 0 radical (unpaired) electrons. The van der Waals surface area contributed by atoms with Crippen LogP contribution in [0.2, 0.25) is 0 Å². The van der Waals surface area contributed by atoms with Crippen LogP contribution >= 0.6 is 0 Å². The maximum atomic E-state index is 13.0. The predicted molar refractivity (Wildman–Crippen MR) is 128 cm³/mol. The SMILES string of the molecule is CCCCc1ccc(C(=O)c2ccc(CC(N)=NCc3cccnc3)cc2)cc1CC. The molecule has 3 rings (SSSR count). The third-order valence-electron chi connectivity index (χ3n) is 5.44. The van der Waals surface area contributed by atoms with Crippen molar-refractivity contribution in [3.63, 3.8) is 0 Å². The Kier molecular flexibility index (Phi) is 8.11. The zero-order valence-electron chi connectivity index (χ0n) is 18.5. The van der Waals surface area contributed by atoms with Crippen molar-refractivity contribution in [3.8, 4) is 0 Å². The van der Waals surface area contributed by atoms with Crippen LogP contribution in [0, 0.1) is 0 Å². The molecular weight excluding hydrogens is 382 g/mol. The zero-order valence-corrected chi connectivity index (χ0v) is 18.5. The van der Waals surface area contributed by atoms with Crippen LogP contribution in [0.4, 0.5) is 0 Å². The molecule has 4 heteroatoms. The lowest BCUT2D eigenvalue weighted by Gasteiger charge is -2.10. The first kappa shape index (κ1) is 22.4. The highest BCUT2D eigenvalue weighted by molar-refractivity contribution is 6.09. The molecule has 4 nitrogen and oxygen atoms in total. The molecule has 0 aliphatic heterocycles. The Hall–Kier alpha value is -3.27. The van der Waals surface area contributed by atoms with Gasteiger partial charge in [-0.15, -0.1) is 0 Å². The fourth-order valence-electron chi connectivity index (χ4n) is 3.60. The standard InChI is InChI=1S/C27H31N3O/c1-3-5-8-23-13-14-25(17-22(23)4-2)27(31)24-11-9-20(10-12-24)16-26(28)30-19-21-7-6-15-29-18-21/h6-7,9-15,17-18H,3-5,8,16,19H2,1-2H3,(H2,28,30). The summed E-state index contributed by atoms with van der Waals surface area (Å²) in [5.74, 6) is 0.625. The largest absolute Gasteiger partial charge is 0.387 e. The van der Waals surface area contributed by atoms with Crippen LogP contribution in [-0.4, -0.2) is 16.6 Å². The molecule has 1 heterocycles. The highest BCUT2D eigenvalue weighted by Crippen LogP contribution is 2.19. The molecule has 0 fully saturated rings. The molecule has 0 saturated carbocycles. The maximum Gasteiger partial charge on any atom is 0.193 e. The van der Waals surface area contributed by atoms with Crippen LogP contribution in [0.1, 0.15) is 64.9 Å². The predicted octanol–water partition coefficient (Wildman–Crippen LogP) is 5.32. The number of hydrogen-bond acceptors (Lipinski definition) is 3. The van der Waals surface area contributed by atoms with Crippen molar-refractivity contribution in [2.75, 3.05) is 0 Å². The smallest absolute Gasteiger partial charge is 0.193 e. The number of aryl methyl sites for hydroxylation is 2. The van der Waals surface area contributed by atoms with E-state index in [0.717, 1.165) is 29.5 Å². The van der Waals surface area contributed by atoms with Crippen molar-refractivity contribution < 1.29 is 4.79 Å². The number of unbranched alkanes of at least 4 members (excludes halogenated alkanes) is 1. The van der Waals surface area contributed by atoms with Crippen LogP contribution < -0.4 is 5.73 Å². The van der Waals surface area contributed by atoms with Crippen LogP contribution in [0.3, 0.4) is 0 Å². The van der Waals surface area contributed by atoms with Crippen molar-refractivity contribution in [2.24, 2.45) is 10.7 Å². The Morgan fingerprint density at radius 1 is 0.968 bits per heavy atom. The minimum absolute atomic E-state index is 0.0570. The Labute approximate surface area is 185 Å². The van der Waals surface area contributed by atoms with E-state index in [-0.39, 0.29) is 5.78 Å². The van der Waals surface area contributed by atoms with Crippen molar-refractivity contribution in [1.29, 1.82) is 0 Å². The van der Waals surface area contributed by atoms with Gasteiger partial charge in [-0.1, -0.05) is 62.7 Å². The topological polar surface area (TPSA) is 68.3 Å². The monoisotopic (exact) mass is 413 g/mol. The number of amidine groups is 1. The summed E-state index contributed by atoms with van der Waals surface area (Å²) < 4.78 is 0. The number of aliphatic imine (C=N–C) groups is 1. The molecule has 0 spiro atoms. The average molecular weight is 414 g/mol. The molecule has 0 atom stereocenters. The lowest BCUT2D eigenvalue weighted by molar-refractivity contribution is 0.103. The second-order valence-electron chi connectivity index (χ2n) is 7.81. The summed E-state index contributed by atoms with van der Waals surface area (Å²) in [6.45, 7) is 4.87. The van der Waals surface area contributed by atoms with Crippen molar-refractivity contribution >= 4 is 11.6 Å². The third kappa shape index (κ3) is 6.35. The van der Waals surface area contributed by atoms with E-state index in [1.54, 1.807) is 12.4 Å². The summed E-state index contributed by atoms with van der Waals surface area (Å²) in [7, 11) is 0. The molecule has 0 amide bonds. The average Bonchev–Trinajstić information content (AvgIpc) is 2.82. The maximum absolute atomic E-state index is 13.0. The Balaban J connectivity index is 1.66. The molecule has 31 heavy (non-hydrogen) atoms. The van der Waals surface area contributed by atoms with Gasteiger partial charge in [0.05, 0.1) is 12.4 Å². The second kappa shape index (κ2) is 11.2. The minimum atomic E-state index is 0.0570. The molecule has 160 valence electrons. The van der Waals surface area contributed by atoms with Gasteiger partial charge in [-0.2, -0.15) is 0 Å². The number of ketones is 1. The first-order chi connectivity index (χ1) is 15.1. The third-order valence-corrected chi connectivity index (χ3v) is 5.44. The lowest BCUT2D eigenvalue weighted by Crippen LogP contribution is -2.15. The van der Waals surface area contributed by atoms with E-state index in [1.807, 2.05) is 42.5 Å². The van der Waals surface area contributed by atoms with Gasteiger partial charge >= 0.3 is 0 Å². The number of carbonyl (C=O) groups excluding carboxylic acids is 1. The van der Waals surface area contributed by atoms with Crippen LogP contribution in [0.25, 0.3) is 0 Å². The Bertz CT molecular complexity index is 1020. The number of carbonyl (C=O) groups is 1. The van der Waals surface area contributed by atoms with Crippen molar-refractivity contribution in [1.82, 2.24) is 4.98 Å². The molecule has 0 aliphatic rings. The molecule has 0 bridgehead atoms. The van der Waals surface area contributed by atoms with E-state index >= 15 is 0 Å². The minimum Gasteiger partial charge on any atom is -0.387 e. The van der Waals surface area contributed by atoms with Gasteiger partial charge in [0.25, 0.3) is 0 Å². The van der Waals surface area contributed by atoms with Crippen molar-refractivity contribution in [3.05, 3.63) is 100 Å². The van der Waals surface area contributed by atoms with Gasteiger partial charge in [0.1, 0.15) is 0 Å². The molecular formula is C27H31N3O. The van der Waals surface area contributed by atoms with E-state index in [2.05, 4.69) is 36.0 Å². The highest BCUT2D eigenvalue weighted by atomic mass is 16.1.